The molecular weight excluding hydrogens is 666 g/mol. The second-order valence-corrected chi connectivity index (χ2v) is 13.2. The molecule has 1 unspecified atom stereocenters. The lowest BCUT2D eigenvalue weighted by Gasteiger charge is -2.31. The zero-order valence-electron chi connectivity index (χ0n) is 25.7. The number of nitrogens with zero attached hydrogens (tertiary/aromatic N) is 2. The van der Waals surface area contributed by atoms with Gasteiger partial charge in [0.2, 0.25) is 0 Å². The molecule has 1 atom stereocenters. The van der Waals surface area contributed by atoms with Gasteiger partial charge in [0.1, 0.15) is 11.0 Å². The summed E-state index contributed by atoms with van der Waals surface area (Å²) in [6.07, 6.45) is -1.72. The number of Topliss-reactive ketones (excluding diaryl/α,β-unsaturated/α-hetero) is 1. The molecule has 1 aliphatic heterocycles. The van der Waals surface area contributed by atoms with Crippen molar-refractivity contribution >= 4 is 16.8 Å². The number of hydrogen-bond acceptors (Lipinski definition) is 3. The van der Waals surface area contributed by atoms with E-state index in [1.165, 1.54) is 41.1 Å². The zero-order valence-corrected chi connectivity index (χ0v) is 26.5. The summed E-state index contributed by atoms with van der Waals surface area (Å²) >= 11 is 0. The molecule has 1 aromatic heterocycles. The van der Waals surface area contributed by atoms with Crippen LogP contribution in [0.4, 0.5) is 26.3 Å². The molecule has 1 fully saturated rings. The first-order valence-corrected chi connectivity index (χ1v) is 16.4. The Hall–Kier alpha value is -4.81. The number of halogens is 6. The van der Waals surface area contributed by atoms with Gasteiger partial charge in [-0.25, -0.2) is 21.7 Å². The number of hydrogen-bond donors (Lipinski definition) is 0. The minimum Gasteiger partial charge on any atom is -0.306 e. The van der Waals surface area contributed by atoms with Crippen LogP contribution in [0.1, 0.15) is 40.2 Å². The van der Waals surface area contributed by atoms with Crippen molar-refractivity contribution in [3.8, 4) is 22.3 Å². The van der Waals surface area contributed by atoms with Crippen LogP contribution >= 0.6 is 0 Å². The molecule has 49 heavy (non-hydrogen) atoms. The average molecular weight is 695 g/mol. The summed E-state index contributed by atoms with van der Waals surface area (Å²) in [4.78, 5) is 26.0. The van der Waals surface area contributed by atoms with Gasteiger partial charge in [-0.05, 0) is 76.9 Å². The van der Waals surface area contributed by atoms with Gasteiger partial charge in [0, 0.05) is 30.9 Å². The second-order valence-electron chi connectivity index (χ2n) is 11.7. The van der Waals surface area contributed by atoms with E-state index >= 15 is 0 Å². The Morgan fingerprint density at radius 1 is 0.755 bits per heavy atom. The van der Waals surface area contributed by atoms with Gasteiger partial charge < -0.3 is 4.57 Å². The van der Waals surface area contributed by atoms with Crippen LogP contribution < -0.4 is 5.56 Å². The van der Waals surface area contributed by atoms with E-state index in [1.54, 1.807) is 34.6 Å². The fourth-order valence-electron chi connectivity index (χ4n) is 5.88. The van der Waals surface area contributed by atoms with Crippen LogP contribution in [-0.2, 0) is 23.7 Å². The monoisotopic (exact) mass is 694 g/mol. The Morgan fingerprint density at radius 3 is 2.00 bits per heavy atom. The highest BCUT2D eigenvalue weighted by Gasteiger charge is 2.30. The fraction of sp³-hybridized carbons (Fsp3) is 0.189. The van der Waals surface area contributed by atoms with E-state index in [9.17, 15) is 40.1 Å². The summed E-state index contributed by atoms with van der Waals surface area (Å²) in [5.74, 6) is -4.28. The summed E-state index contributed by atoms with van der Waals surface area (Å²) in [6, 6.07) is 22.7. The van der Waals surface area contributed by atoms with Gasteiger partial charge in [0.25, 0.3) is 5.56 Å². The third-order valence-electron chi connectivity index (χ3n) is 8.59. The number of benzene rings is 4. The molecule has 1 saturated heterocycles. The molecule has 0 aliphatic carbocycles. The van der Waals surface area contributed by atoms with E-state index in [0.717, 1.165) is 29.8 Å². The van der Waals surface area contributed by atoms with E-state index in [1.807, 2.05) is 12.1 Å². The minimum atomic E-state index is -4.48. The lowest BCUT2D eigenvalue weighted by Crippen LogP contribution is -2.35. The summed E-state index contributed by atoms with van der Waals surface area (Å²) < 4.78 is 96.5. The number of carbonyl (C=O) groups is 1. The quantitative estimate of drug-likeness (QED) is 0.0932. The zero-order chi connectivity index (χ0) is 34.9. The normalized spacial score (nSPS) is 14.9. The summed E-state index contributed by atoms with van der Waals surface area (Å²) in [7, 11) is -1.61. The highest BCUT2D eigenvalue weighted by atomic mass is 32.2. The summed E-state index contributed by atoms with van der Waals surface area (Å²) in [5.41, 5.74) is 1.65. The maximum absolute atomic E-state index is 13.7. The van der Waals surface area contributed by atoms with Gasteiger partial charge in [-0.1, -0.05) is 60.7 Å². The number of aromatic nitrogens is 1. The van der Waals surface area contributed by atoms with Crippen LogP contribution in [-0.4, -0.2) is 32.0 Å². The Bertz CT molecular complexity index is 2060. The van der Waals surface area contributed by atoms with Crippen LogP contribution in [0.15, 0.2) is 113 Å². The van der Waals surface area contributed by atoms with Crippen molar-refractivity contribution in [2.24, 2.45) is 0 Å². The largest absolute Gasteiger partial charge is 0.416 e. The standard InChI is InChI=1S/C37H28F6N2O3S/c38-32-19-29(20-33(39)36(32)40)25-6-4-23(5-7-25)26-14-16-45(17-15-26)49(48)31-12-13-35(47)44(21-31)22-34(46)27-10-8-24(9-11-27)28-2-1-3-30(18-28)37(41,42)43/h1-13,18-21,26H,14-17,22H2. The first kappa shape index (κ1) is 34.1. The predicted octanol–water partition coefficient (Wildman–Crippen LogP) is 8.40. The third kappa shape index (κ3) is 7.60. The van der Waals surface area contributed by atoms with Crippen molar-refractivity contribution in [1.29, 1.82) is 0 Å². The number of rotatable bonds is 8. The molecule has 5 nitrogen and oxygen atoms in total. The van der Waals surface area contributed by atoms with Gasteiger partial charge in [-0.15, -0.1) is 0 Å². The first-order valence-electron chi connectivity index (χ1n) is 15.3. The number of pyridine rings is 1. The van der Waals surface area contributed by atoms with E-state index in [-0.39, 0.29) is 23.6 Å². The molecule has 6 rings (SSSR count). The third-order valence-corrected chi connectivity index (χ3v) is 10.1. The van der Waals surface area contributed by atoms with E-state index in [4.69, 9.17) is 0 Å². The summed E-state index contributed by atoms with van der Waals surface area (Å²) in [6.45, 7) is 0.662. The van der Waals surface area contributed by atoms with Gasteiger partial charge in [-0.2, -0.15) is 13.2 Å². The van der Waals surface area contributed by atoms with Gasteiger partial charge in [0.15, 0.2) is 23.2 Å². The molecule has 12 heteroatoms. The van der Waals surface area contributed by atoms with Gasteiger partial charge in [-0.3, -0.25) is 9.59 Å². The van der Waals surface area contributed by atoms with Crippen molar-refractivity contribution in [1.82, 2.24) is 8.87 Å². The lowest BCUT2D eigenvalue weighted by atomic mass is 9.89. The first-order chi connectivity index (χ1) is 23.4. The van der Waals surface area contributed by atoms with Crippen LogP contribution in [0.3, 0.4) is 0 Å². The molecule has 4 aromatic carbocycles. The second kappa shape index (κ2) is 14.0. The molecule has 252 valence electrons. The Morgan fingerprint density at radius 2 is 1.37 bits per heavy atom. The molecule has 0 saturated carbocycles. The van der Waals surface area contributed by atoms with E-state index in [0.29, 0.717) is 47.5 Å². The smallest absolute Gasteiger partial charge is 0.306 e. The fourth-order valence-corrected chi connectivity index (χ4v) is 7.12. The molecule has 2 heterocycles. The van der Waals surface area contributed by atoms with Crippen LogP contribution in [0, 0.1) is 17.5 Å². The minimum absolute atomic E-state index is 0.149. The molecule has 0 radical (unpaired) electrons. The van der Waals surface area contributed by atoms with Crippen molar-refractivity contribution in [2.45, 2.75) is 36.4 Å². The van der Waals surface area contributed by atoms with Gasteiger partial charge >= 0.3 is 6.18 Å². The highest BCUT2D eigenvalue weighted by molar-refractivity contribution is 7.82. The predicted molar refractivity (Wildman–Crippen MR) is 174 cm³/mol. The molecule has 5 aromatic rings. The van der Waals surface area contributed by atoms with Crippen molar-refractivity contribution < 1.29 is 35.3 Å². The lowest BCUT2D eigenvalue weighted by molar-refractivity contribution is -0.137. The van der Waals surface area contributed by atoms with Crippen LogP contribution in [0.25, 0.3) is 22.3 Å². The Balaban J connectivity index is 1.08. The van der Waals surface area contributed by atoms with E-state index in [2.05, 4.69) is 0 Å². The molecule has 0 bridgehead atoms. The number of carbonyl (C=O) groups excluding carboxylic acids is 1. The topological polar surface area (TPSA) is 59.4 Å². The Labute approximate surface area is 280 Å². The number of alkyl halides is 3. The maximum atomic E-state index is 13.7. The maximum Gasteiger partial charge on any atom is 0.416 e. The highest BCUT2D eigenvalue weighted by Crippen LogP contribution is 2.33. The molecular formula is C37H28F6N2O3S. The molecule has 0 amide bonds. The van der Waals surface area contributed by atoms with Crippen molar-refractivity contribution in [3.63, 3.8) is 0 Å². The van der Waals surface area contributed by atoms with E-state index < -0.39 is 51.5 Å². The number of ketones is 1. The average Bonchev–Trinajstić information content (AvgIpc) is 3.11. The molecule has 1 aliphatic rings. The van der Waals surface area contributed by atoms with Crippen molar-refractivity contribution in [3.05, 3.63) is 148 Å². The Kier molecular flexibility index (Phi) is 9.71. The van der Waals surface area contributed by atoms with Gasteiger partial charge in [0.05, 0.1) is 17.0 Å². The number of piperidine rings is 1. The molecule has 0 N–H and O–H groups in total. The van der Waals surface area contributed by atoms with Crippen LogP contribution in [0.5, 0.6) is 0 Å². The molecule has 0 spiro atoms. The summed E-state index contributed by atoms with van der Waals surface area (Å²) in [5, 5.41) is 0. The SMILES string of the molecule is O=C(Cn1cc(S(=O)N2CCC(c3ccc(-c4cc(F)c(F)c(F)c4)cc3)CC2)ccc1=O)c1ccc(-c2cccc(C(F)(F)F)c2)cc1. The van der Waals surface area contributed by atoms with Crippen LogP contribution in [0.2, 0.25) is 0 Å². The van der Waals surface area contributed by atoms with Crippen molar-refractivity contribution in [2.75, 3.05) is 13.1 Å².